The van der Waals surface area contributed by atoms with E-state index in [0.29, 0.717) is 23.2 Å². The van der Waals surface area contributed by atoms with Crippen molar-refractivity contribution >= 4 is 21.9 Å². The number of aryl methyl sites for hydroxylation is 1. The first-order valence-corrected chi connectivity index (χ1v) is 9.43. The van der Waals surface area contributed by atoms with Crippen LogP contribution in [-0.2, 0) is 16.4 Å². The van der Waals surface area contributed by atoms with Crippen molar-refractivity contribution < 1.29 is 17.5 Å². The summed E-state index contributed by atoms with van der Waals surface area (Å²) in [5.41, 5.74) is 1.79. The molecular weight excluding hydrogens is 343 g/mol. The third kappa shape index (κ3) is 5.11. The van der Waals surface area contributed by atoms with Gasteiger partial charge < -0.3 is 4.74 Å². The quantitative estimate of drug-likeness (QED) is 0.763. The number of halogens is 1. The van der Waals surface area contributed by atoms with E-state index in [2.05, 4.69) is 4.99 Å². The summed E-state index contributed by atoms with van der Waals surface area (Å²) in [6.07, 6.45) is 3.89. The Morgan fingerprint density at radius 3 is 2.60 bits per heavy atom. The minimum absolute atomic E-state index is 0.121. The fourth-order valence-corrected chi connectivity index (χ4v) is 3.18. The normalized spacial score (nSPS) is 11.8. The molecule has 2 aromatic carbocycles. The highest BCUT2D eigenvalue weighted by atomic mass is 32.2. The Labute approximate surface area is 147 Å². The van der Waals surface area contributed by atoms with Gasteiger partial charge in [-0.25, -0.2) is 17.9 Å². The molecule has 0 saturated heterocycles. The maximum Gasteiger partial charge on any atom is 0.238 e. The average Bonchev–Trinajstić information content (AvgIpc) is 2.57. The van der Waals surface area contributed by atoms with Crippen LogP contribution in [0.25, 0.3) is 0 Å². The second-order valence-corrected chi connectivity index (χ2v) is 7.12. The second-order valence-electron chi connectivity index (χ2n) is 5.59. The van der Waals surface area contributed by atoms with E-state index in [1.807, 2.05) is 6.92 Å². The first kappa shape index (κ1) is 19.1. The molecule has 0 aliphatic carbocycles. The molecule has 7 heteroatoms. The fourth-order valence-electron chi connectivity index (χ4n) is 2.40. The molecule has 25 heavy (non-hydrogen) atoms. The van der Waals surface area contributed by atoms with Crippen molar-refractivity contribution in [3.63, 3.8) is 0 Å². The molecule has 0 amide bonds. The van der Waals surface area contributed by atoms with Crippen molar-refractivity contribution in [2.24, 2.45) is 10.1 Å². The van der Waals surface area contributed by atoms with Gasteiger partial charge in [0, 0.05) is 6.21 Å². The van der Waals surface area contributed by atoms with Crippen molar-refractivity contribution in [3.8, 4) is 5.75 Å². The van der Waals surface area contributed by atoms with Crippen molar-refractivity contribution in [3.05, 3.63) is 53.3 Å². The van der Waals surface area contributed by atoms with Gasteiger partial charge >= 0.3 is 0 Å². The standard InChI is InChI=1S/C18H21FN2O3S/c1-3-4-5-14-11-15(7-9-18(14)25(20,22)23)21-12-13-6-8-17(24-2)16(19)10-13/h6-12H,3-5H2,1-2H3,(H2,20,22,23). The molecule has 0 saturated carbocycles. The summed E-state index contributed by atoms with van der Waals surface area (Å²) in [6, 6.07) is 9.26. The third-order valence-electron chi connectivity index (χ3n) is 3.69. The van der Waals surface area contributed by atoms with E-state index < -0.39 is 15.8 Å². The van der Waals surface area contributed by atoms with Crippen LogP contribution < -0.4 is 9.88 Å². The Bertz CT molecular complexity index is 880. The van der Waals surface area contributed by atoms with Crippen LogP contribution in [0.3, 0.4) is 0 Å². The summed E-state index contributed by atoms with van der Waals surface area (Å²) in [5.74, 6) is -0.309. The number of methoxy groups -OCH3 is 1. The molecule has 0 fully saturated rings. The van der Waals surface area contributed by atoms with Gasteiger partial charge in [-0.2, -0.15) is 0 Å². The first-order valence-electron chi connectivity index (χ1n) is 7.88. The number of benzene rings is 2. The number of hydrogen-bond acceptors (Lipinski definition) is 4. The predicted molar refractivity (Wildman–Crippen MR) is 96.6 cm³/mol. The highest BCUT2D eigenvalue weighted by molar-refractivity contribution is 7.89. The Morgan fingerprint density at radius 1 is 1.24 bits per heavy atom. The smallest absolute Gasteiger partial charge is 0.238 e. The number of nitrogens with zero attached hydrogens (tertiary/aromatic N) is 1. The molecule has 0 radical (unpaired) electrons. The number of hydrogen-bond donors (Lipinski definition) is 1. The number of aliphatic imine (C=N–C) groups is 1. The van der Waals surface area contributed by atoms with E-state index >= 15 is 0 Å². The van der Waals surface area contributed by atoms with Crippen molar-refractivity contribution in [1.29, 1.82) is 0 Å². The van der Waals surface area contributed by atoms with E-state index in [0.717, 1.165) is 12.8 Å². The zero-order valence-corrected chi connectivity index (χ0v) is 15.0. The minimum Gasteiger partial charge on any atom is -0.494 e. The molecule has 0 atom stereocenters. The monoisotopic (exact) mass is 364 g/mol. The summed E-state index contributed by atoms with van der Waals surface area (Å²) < 4.78 is 42.0. The summed E-state index contributed by atoms with van der Waals surface area (Å²) in [5, 5.41) is 5.27. The van der Waals surface area contributed by atoms with Gasteiger partial charge in [-0.1, -0.05) is 13.3 Å². The molecule has 2 aromatic rings. The lowest BCUT2D eigenvalue weighted by Gasteiger charge is -2.08. The van der Waals surface area contributed by atoms with Gasteiger partial charge in [-0.15, -0.1) is 0 Å². The molecule has 0 aliphatic rings. The van der Waals surface area contributed by atoms with E-state index in [1.165, 1.54) is 31.5 Å². The summed E-state index contributed by atoms with van der Waals surface area (Å²) in [6.45, 7) is 2.02. The molecule has 0 aliphatic heterocycles. The maximum atomic E-state index is 13.7. The van der Waals surface area contributed by atoms with Gasteiger partial charge in [0.05, 0.1) is 17.7 Å². The lowest BCUT2D eigenvalue weighted by atomic mass is 10.1. The second kappa shape index (κ2) is 8.22. The predicted octanol–water partition coefficient (Wildman–Crippen LogP) is 3.57. The van der Waals surface area contributed by atoms with Crippen LogP contribution in [0.15, 0.2) is 46.3 Å². The van der Waals surface area contributed by atoms with Crippen LogP contribution >= 0.6 is 0 Å². The topological polar surface area (TPSA) is 81.8 Å². The number of unbranched alkanes of at least 4 members (excludes halogenated alkanes) is 1. The van der Waals surface area contributed by atoms with E-state index in [-0.39, 0.29) is 10.6 Å². The number of rotatable bonds is 7. The molecule has 2 N–H and O–H groups in total. The van der Waals surface area contributed by atoms with Crippen LogP contribution in [0.1, 0.15) is 30.9 Å². The first-order chi connectivity index (χ1) is 11.8. The number of primary sulfonamides is 1. The van der Waals surface area contributed by atoms with Crippen LogP contribution in [0, 0.1) is 5.82 Å². The lowest BCUT2D eigenvalue weighted by Crippen LogP contribution is -2.14. The van der Waals surface area contributed by atoms with Gasteiger partial charge in [-0.05, 0) is 60.4 Å². The molecule has 2 rings (SSSR count). The lowest BCUT2D eigenvalue weighted by molar-refractivity contribution is 0.386. The number of sulfonamides is 1. The molecular formula is C18H21FN2O3S. The van der Waals surface area contributed by atoms with Crippen LogP contribution in [-0.4, -0.2) is 21.7 Å². The van der Waals surface area contributed by atoms with Gasteiger partial charge in [0.25, 0.3) is 0 Å². The molecule has 0 spiro atoms. The minimum atomic E-state index is -3.78. The molecule has 0 bridgehead atoms. The zero-order chi connectivity index (χ0) is 18.4. The molecule has 0 unspecified atom stereocenters. The Kier molecular flexibility index (Phi) is 6.27. The third-order valence-corrected chi connectivity index (χ3v) is 4.70. The van der Waals surface area contributed by atoms with E-state index in [4.69, 9.17) is 9.88 Å². The van der Waals surface area contributed by atoms with Crippen LogP contribution in [0.2, 0.25) is 0 Å². The van der Waals surface area contributed by atoms with E-state index in [1.54, 1.807) is 18.2 Å². The highest BCUT2D eigenvalue weighted by Gasteiger charge is 2.14. The Hall–Kier alpha value is -2.25. The van der Waals surface area contributed by atoms with Gasteiger partial charge in [0.1, 0.15) is 0 Å². The van der Waals surface area contributed by atoms with Crippen LogP contribution in [0.4, 0.5) is 10.1 Å². The van der Waals surface area contributed by atoms with Gasteiger partial charge in [0.15, 0.2) is 11.6 Å². The highest BCUT2D eigenvalue weighted by Crippen LogP contribution is 2.24. The Morgan fingerprint density at radius 2 is 2.00 bits per heavy atom. The summed E-state index contributed by atoms with van der Waals surface area (Å²) >= 11 is 0. The molecule has 0 aromatic heterocycles. The largest absolute Gasteiger partial charge is 0.494 e. The zero-order valence-electron chi connectivity index (χ0n) is 14.2. The van der Waals surface area contributed by atoms with Crippen LogP contribution in [0.5, 0.6) is 5.75 Å². The maximum absolute atomic E-state index is 13.7. The molecule has 5 nitrogen and oxygen atoms in total. The average molecular weight is 364 g/mol. The molecule has 134 valence electrons. The SMILES string of the molecule is CCCCc1cc(N=Cc2ccc(OC)c(F)c2)ccc1S(N)(=O)=O. The summed E-state index contributed by atoms with van der Waals surface area (Å²) in [7, 11) is -2.38. The number of nitrogens with two attached hydrogens (primary N) is 1. The van der Waals surface area contributed by atoms with Gasteiger partial charge in [-0.3, -0.25) is 4.99 Å². The molecule has 0 heterocycles. The summed E-state index contributed by atoms with van der Waals surface area (Å²) in [4.78, 5) is 4.42. The van der Waals surface area contributed by atoms with Crippen molar-refractivity contribution in [1.82, 2.24) is 0 Å². The van der Waals surface area contributed by atoms with E-state index in [9.17, 15) is 12.8 Å². The number of ether oxygens (including phenoxy) is 1. The Balaban J connectivity index is 2.31. The van der Waals surface area contributed by atoms with Crippen molar-refractivity contribution in [2.45, 2.75) is 31.1 Å². The fraction of sp³-hybridized carbons (Fsp3) is 0.278. The van der Waals surface area contributed by atoms with Crippen molar-refractivity contribution in [2.75, 3.05) is 7.11 Å². The van der Waals surface area contributed by atoms with Gasteiger partial charge in [0.2, 0.25) is 10.0 Å².